The first-order chi connectivity index (χ1) is 11.5. The van der Waals surface area contributed by atoms with E-state index >= 15 is 0 Å². The van der Waals surface area contributed by atoms with E-state index in [0.29, 0.717) is 22.3 Å². The van der Waals surface area contributed by atoms with Crippen LogP contribution in [0.3, 0.4) is 0 Å². The number of amides is 1. The van der Waals surface area contributed by atoms with Gasteiger partial charge >= 0.3 is 0 Å². The van der Waals surface area contributed by atoms with Crippen molar-refractivity contribution in [3.63, 3.8) is 0 Å². The summed E-state index contributed by atoms with van der Waals surface area (Å²) in [5.74, 6) is 0.929. The number of methoxy groups -OCH3 is 1. The molecule has 1 N–H and O–H groups in total. The number of nitrogens with zero attached hydrogens (tertiary/aromatic N) is 1. The highest BCUT2D eigenvalue weighted by Gasteiger charge is 2.21. The lowest BCUT2D eigenvalue weighted by Crippen LogP contribution is -2.24. The maximum atomic E-state index is 12.2. The van der Waals surface area contributed by atoms with Crippen molar-refractivity contribution in [3.05, 3.63) is 69.4 Å². The second-order valence-electron chi connectivity index (χ2n) is 5.64. The summed E-state index contributed by atoms with van der Waals surface area (Å²) in [4.78, 5) is 16.6. The molecule has 1 amide bonds. The molecule has 0 aromatic heterocycles. The molecule has 5 heteroatoms. The summed E-state index contributed by atoms with van der Waals surface area (Å²) in [5, 5.41) is 3.30. The molecule has 0 fully saturated rings. The van der Waals surface area contributed by atoms with Gasteiger partial charge in [0, 0.05) is 5.56 Å². The van der Waals surface area contributed by atoms with Crippen molar-refractivity contribution in [2.45, 2.75) is 13.8 Å². The van der Waals surface area contributed by atoms with Crippen LogP contribution < -0.4 is 10.1 Å². The molecule has 2 aromatic carbocycles. The first-order valence-corrected chi connectivity index (χ1v) is 7.88. The summed E-state index contributed by atoms with van der Waals surface area (Å²) in [6.45, 7) is 4.08. The number of hydrogen-bond donors (Lipinski definition) is 1. The van der Waals surface area contributed by atoms with Crippen LogP contribution >= 0.6 is 11.6 Å². The zero-order valence-corrected chi connectivity index (χ0v) is 14.4. The predicted octanol–water partition coefficient (Wildman–Crippen LogP) is 3.88. The molecule has 1 heterocycles. The van der Waals surface area contributed by atoms with E-state index in [4.69, 9.17) is 16.3 Å². The Morgan fingerprint density at radius 3 is 2.58 bits per heavy atom. The Morgan fingerprint density at radius 1 is 1.12 bits per heavy atom. The Labute approximate surface area is 145 Å². The first-order valence-electron chi connectivity index (χ1n) is 7.51. The molecule has 0 saturated heterocycles. The van der Waals surface area contributed by atoms with Gasteiger partial charge in [-0.25, -0.2) is 4.99 Å². The van der Waals surface area contributed by atoms with E-state index in [1.807, 2.05) is 38.1 Å². The van der Waals surface area contributed by atoms with E-state index in [2.05, 4.69) is 10.3 Å². The van der Waals surface area contributed by atoms with Crippen LogP contribution in [0.2, 0.25) is 5.02 Å². The lowest BCUT2D eigenvalue weighted by atomic mass is 10.1. The number of rotatable bonds is 3. The van der Waals surface area contributed by atoms with Crippen LogP contribution in [0.1, 0.15) is 22.3 Å². The molecule has 0 spiro atoms. The van der Waals surface area contributed by atoms with Crippen LogP contribution in [0, 0.1) is 13.8 Å². The number of nitrogens with one attached hydrogen (secondary N) is 1. The van der Waals surface area contributed by atoms with Crippen molar-refractivity contribution < 1.29 is 9.53 Å². The molecule has 4 nitrogen and oxygen atoms in total. The van der Waals surface area contributed by atoms with E-state index in [-0.39, 0.29) is 5.91 Å². The molecule has 0 atom stereocenters. The molecule has 1 aliphatic heterocycles. The summed E-state index contributed by atoms with van der Waals surface area (Å²) in [5.41, 5.74) is 4.39. The van der Waals surface area contributed by atoms with Gasteiger partial charge in [0.1, 0.15) is 17.3 Å². The Bertz CT molecular complexity index is 885. The van der Waals surface area contributed by atoms with Gasteiger partial charge in [-0.05, 0) is 54.8 Å². The van der Waals surface area contributed by atoms with E-state index < -0.39 is 0 Å². The first kappa shape index (κ1) is 16.3. The number of amidine groups is 1. The lowest BCUT2D eigenvalue weighted by Gasteiger charge is -2.04. The minimum Gasteiger partial charge on any atom is -0.495 e. The van der Waals surface area contributed by atoms with E-state index in [1.54, 1.807) is 25.3 Å². The molecule has 1 aliphatic rings. The molecular formula is C19H17ClN2O2. The van der Waals surface area contributed by atoms with Crippen LogP contribution in [0.4, 0.5) is 0 Å². The number of hydrogen-bond acceptors (Lipinski definition) is 3. The fourth-order valence-corrected chi connectivity index (χ4v) is 2.69. The Hall–Kier alpha value is -2.59. The van der Waals surface area contributed by atoms with Gasteiger partial charge in [0.2, 0.25) is 0 Å². The molecule has 3 rings (SSSR count). The predicted molar refractivity (Wildman–Crippen MR) is 96.6 cm³/mol. The van der Waals surface area contributed by atoms with Gasteiger partial charge < -0.3 is 10.1 Å². The normalized spacial score (nSPS) is 15.4. The standard InChI is InChI=1S/C19H17ClN2O2/c1-11-4-6-14(8-12(11)2)18-21-16(19(23)22-18)10-13-5-7-17(24-3)15(20)9-13/h4-10H,1-3H3,(H,21,22,23)/b16-10+. The highest BCUT2D eigenvalue weighted by atomic mass is 35.5. The maximum Gasteiger partial charge on any atom is 0.275 e. The fourth-order valence-electron chi connectivity index (χ4n) is 2.42. The van der Waals surface area contributed by atoms with Crippen molar-refractivity contribution >= 4 is 29.4 Å². The Kier molecular flexibility index (Phi) is 4.40. The third kappa shape index (κ3) is 3.19. The molecule has 2 aromatic rings. The van der Waals surface area contributed by atoms with Crippen molar-refractivity contribution in [1.29, 1.82) is 0 Å². The summed E-state index contributed by atoms with van der Waals surface area (Å²) >= 11 is 6.12. The van der Waals surface area contributed by atoms with Crippen LogP contribution in [0.5, 0.6) is 5.75 Å². The molecule has 0 radical (unpaired) electrons. The van der Waals surface area contributed by atoms with Gasteiger partial charge in [0.25, 0.3) is 5.91 Å². The zero-order chi connectivity index (χ0) is 17.3. The van der Waals surface area contributed by atoms with Gasteiger partial charge in [-0.15, -0.1) is 0 Å². The minimum absolute atomic E-state index is 0.227. The number of carbonyl (C=O) groups excluding carboxylic acids is 1. The number of aryl methyl sites for hydroxylation is 2. The van der Waals surface area contributed by atoms with Crippen LogP contribution in [0.15, 0.2) is 47.1 Å². The third-order valence-corrected chi connectivity index (χ3v) is 4.25. The zero-order valence-electron chi connectivity index (χ0n) is 13.7. The second kappa shape index (κ2) is 6.49. The topological polar surface area (TPSA) is 50.7 Å². The van der Waals surface area contributed by atoms with Crippen LogP contribution in [-0.4, -0.2) is 18.9 Å². The Balaban J connectivity index is 1.93. The number of aliphatic imine (C=N–C) groups is 1. The van der Waals surface area contributed by atoms with Crippen molar-refractivity contribution in [2.75, 3.05) is 7.11 Å². The lowest BCUT2D eigenvalue weighted by molar-refractivity contribution is -0.115. The Morgan fingerprint density at radius 2 is 1.92 bits per heavy atom. The van der Waals surface area contributed by atoms with E-state index in [9.17, 15) is 4.79 Å². The summed E-state index contributed by atoms with van der Waals surface area (Å²) in [6, 6.07) is 11.3. The molecule has 0 saturated carbocycles. The summed E-state index contributed by atoms with van der Waals surface area (Å²) in [7, 11) is 1.56. The largest absolute Gasteiger partial charge is 0.495 e. The number of halogens is 1. The second-order valence-corrected chi connectivity index (χ2v) is 6.04. The highest BCUT2D eigenvalue weighted by molar-refractivity contribution is 6.32. The highest BCUT2D eigenvalue weighted by Crippen LogP contribution is 2.26. The van der Waals surface area contributed by atoms with Crippen LogP contribution in [0.25, 0.3) is 6.08 Å². The van der Waals surface area contributed by atoms with Gasteiger partial charge in [-0.2, -0.15) is 0 Å². The number of carbonyl (C=O) groups is 1. The molecule has 0 aliphatic carbocycles. The third-order valence-electron chi connectivity index (χ3n) is 3.96. The molecule has 0 bridgehead atoms. The number of benzene rings is 2. The van der Waals surface area contributed by atoms with E-state index in [0.717, 1.165) is 16.7 Å². The monoisotopic (exact) mass is 340 g/mol. The van der Waals surface area contributed by atoms with Gasteiger partial charge in [0.05, 0.1) is 12.1 Å². The molecule has 24 heavy (non-hydrogen) atoms. The molecule has 122 valence electrons. The van der Waals surface area contributed by atoms with Crippen molar-refractivity contribution in [3.8, 4) is 5.75 Å². The molecular weight excluding hydrogens is 324 g/mol. The maximum absolute atomic E-state index is 12.2. The average molecular weight is 341 g/mol. The summed E-state index contributed by atoms with van der Waals surface area (Å²) < 4.78 is 5.13. The van der Waals surface area contributed by atoms with Gasteiger partial charge in [-0.1, -0.05) is 29.8 Å². The molecule has 0 unspecified atom stereocenters. The van der Waals surface area contributed by atoms with E-state index in [1.165, 1.54) is 5.56 Å². The SMILES string of the molecule is COc1ccc(/C=C2/N=C(c3ccc(C)c(C)c3)NC2=O)cc1Cl. The van der Waals surface area contributed by atoms with Gasteiger partial charge in [-0.3, -0.25) is 4.79 Å². The smallest absolute Gasteiger partial charge is 0.275 e. The quantitative estimate of drug-likeness (QED) is 0.862. The minimum atomic E-state index is -0.227. The van der Waals surface area contributed by atoms with Gasteiger partial charge in [0.15, 0.2) is 0 Å². The average Bonchev–Trinajstić information content (AvgIpc) is 2.91. The fraction of sp³-hybridized carbons (Fsp3) is 0.158. The van der Waals surface area contributed by atoms with Crippen molar-refractivity contribution in [1.82, 2.24) is 5.32 Å². The summed E-state index contributed by atoms with van der Waals surface area (Å²) in [6.07, 6.45) is 1.70. The van der Waals surface area contributed by atoms with Crippen LogP contribution in [-0.2, 0) is 4.79 Å². The number of ether oxygens (including phenoxy) is 1. The van der Waals surface area contributed by atoms with Crippen molar-refractivity contribution in [2.24, 2.45) is 4.99 Å².